The van der Waals surface area contributed by atoms with Crippen molar-refractivity contribution in [2.75, 3.05) is 31.0 Å². The summed E-state index contributed by atoms with van der Waals surface area (Å²) < 4.78 is 11.1. The van der Waals surface area contributed by atoms with Crippen molar-refractivity contribution in [3.63, 3.8) is 0 Å². The molecule has 0 saturated carbocycles. The fourth-order valence-corrected chi connectivity index (χ4v) is 2.67. The smallest absolute Gasteiger partial charge is 0.411 e. The van der Waals surface area contributed by atoms with E-state index >= 15 is 0 Å². The first-order valence-electron chi connectivity index (χ1n) is 8.84. The number of hydrogen-bond acceptors (Lipinski definition) is 6. The first kappa shape index (κ1) is 20.0. The van der Waals surface area contributed by atoms with E-state index in [1.54, 1.807) is 42.5 Å². The van der Waals surface area contributed by atoms with Gasteiger partial charge in [0.1, 0.15) is 13.2 Å². The molecule has 1 heterocycles. The van der Waals surface area contributed by atoms with Crippen molar-refractivity contribution in [2.24, 2.45) is 0 Å². The zero-order valence-corrected chi connectivity index (χ0v) is 15.8. The number of hydrogen-bond donors (Lipinski definition) is 2. The van der Waals surface area contributed by atoms with Crippen LogP contribution in [0.15, 0.2) is 59.5 Å². The van der Waals surface area contributed by atoms with E-state index in [-0.39, 0.29) is 24.6 Å². The minimum Gasteiger partial charge on any atom is -0.447 e. The van der Waals surface area contributed by atoms with Gasteiger partial charge in [0, 0.05) is 18.5 Å². The minimum atomic E-state index is -0.625. The lowest BCUT2D eigenvalue weighted by Gasteiger charge is -2.11. The van der Waals surface area contributed by atoms with Crippen LogP contribution in [-0.2, 0) is 20.8 Å². The van der Waals surface area contributed by atoms with Crippen molar-refractivity contribution in [3.8, 4) is 0 Å². The van der Waals surface area contributed by atoms with Crippen LogP contribution in [0.25, 0.3) is 11.0 Å². The number of rotatable bonds is 7. The molecule has 1 aromatic heterocycles. The number of aromatic nitrogens is 2. The Morgan fingerprint density at radius 3 is 2.59 bits per heavy atom. The number of fused-ring (bicyclic) bond motifs is 1. The first-order chi connectivity index (χ1) is 14.1. The molecule has 0 spiro atoms. The quantitative estimate of drug-likeness (QED) is 0.593. The number of amides is 2. The molecule has 0 aliphatic carbocycles. The Hall–Kier alpha value is -3.72. The Labute approximate surface area is 166 Å². The lowest BCUT2D eigenvalue weighted by atomic mass is 10.2. The van der Waals surface area contributed by atoms with E-state index in [0.29, 0.717) is 29.0 Å². The summed E-state index contributed by atoms with van der Waals surface area (Å²) in [4.78, 5) is 40.4. The molecule has 0 atom stereocenters. The highest BCUT2D eigenvalue weighted by Crippen LogP contribution is 2.16. The predicted octanol–water partition coefficient (Wildman–Crippen LogP) is 2.23. The number of carbonyl (C=O) groups is 2. The highest BCUT2D eigenvalue weighted by atomic mass is 16.6. The number of carbonyl (C=O) groups excluding carboxylic acids is 2. The summed E-state index contributed by atoms with van der Waals surface area (Å²) in [5, 5.41) is 5.28. The van der Waals surface area contributed by atoms with Crippen molar-refractivity contribution in [3.05, 3.63) is 65.1 Å². The molecule has 0 aliphatic rings. The maximum Gasteiger partial charge on any atom is 0.411 e. The van der Waals surface area contributed by atoms with Crippen molar-refractivity contribution in [1.82, 2.24) is 9.55 Å². The Kier molecular flexibility index (Phi) is 6.54. The first-order valence-corrected chi connectivity index (χ1v) is 8.84. The fraction of sp³-hybridized carbons (Fsp3) is 0.200. The van der Waals surface area contributed by atoms with Gasteiger partial charge >= 0.3 is 6.09 Å². The highest BCUT2D eigenvalue weighted by Gasteiger charge is 2.10. The Balaban J connectivity index is 1.67. The van der Waals surface area contributed by atoms with E-state index in [4.69, 9.17) is 9.47 Å². The fourth-order valence-electron chi connectivity index (χ4n) is 2.67. The van der Waals surface area contributed by atoms with Gasteiger partial charge < -0.3 is 14.8 Å². The van der Waals surface area contributed by atoms with Gasteiger partial charge in [-0.25, -0.2) is 9.78 Å². The number of anilines is 2. The van der Waals surface area contributed by atoms with Crippen LogP contribution >= 0.6 is 0 Å². The summed E-state index contributed by atoms with van der Waals surface area (Å²) in [7, 11) is 1.51. The lowest BCUT2D eigenvalue weighted by molar-refractivity contribution is -0.116. The monoisotopic (exact) mass is 396 g/mol. The van der Waals surface area contributed by atoms with Gasteiger partial charge in [-0.05, 0) is 30.3 Å². The third kappa shape index (κ3) is 5.39. The van der Waals surface area contributed by atoms with E-state index in [1.165, 1.54) is 17.9 Å². The third-order valence-corrected chi connectivity index (χ3v) is 3.97. The van der Waals surface area contributed by atoms with Gasteiger partial charge in [0.15, 0.2) is 0 Å². The van der Waals surface area contributed by atoms with Gasteiger partial charge in [0.05, 0.1) is 23.8 Å². The van der Waals surface area contributed by atoms with Crippen LogP contribution in [-0.4, -0.2) is 41.9 Å². The van der Waals surface area contributed by atoms with Gasteiger partial charge in [-0.3, -0.25) is 19.5 Å². The van der Waals surface area contributed by atoms with Gasteiger partial charge in [-0.15, -0.1) is 0 Å². The number of methoxy groups -OCH3 is 1. The second kappa shape index (κ2) is 9.47. The molecule has 150 valence electrons. The van der Waals surface area contributed by atoms with Crippen LogP contribution in [0.5, 0.6) is 0 Å². The van der Waals surface area contributed by atoms with E-state index < -0.39 is 6.09 Å². The number of benzene rings is 2. The van der Waals surface area contributed by atoms with Crippen LogP contribution in [0.1, 0.15) is 0 Å². The number of ether oxygens (including phenoxy) is 2. The van der Waals surface area contributed by atoms with Crippen LogP contribution in [0.4, 0.5) is 16.2 Å². The van der Waals surface area contributed by atoms with E-state index in [9.17, 15) is 14.4 Å². The number of nitrogens with one attached hydrogen (secondary N) is 2. The van der Waals surface area contributed by atoms with Crippen molar-refractivity contribution >= 4 is 34.4 Å². The van der Waals surface area contributed by atoms with E-state index in [2.05, 4.69) is 15.6 Å². The SMILES string of the molecule is COCCOC(=O)Nc1cccc(NC(=O)Cn2c(=O)cnc3ccccc32)c1. The molecule has 0 radical (unpaired) electrons. The van der Waals surface area contributed by atoms with E-state index in [1.807, 2.05) is 6.07 Å². The van der Waals surface area contributed by atoms with Crippen LogP contribution in [0, 0.1) is 0 Å². The summed E-state index contributed by atoms with van der Waals surface area (Å²) in [5.41, 5.74) is 1.75. The molecule has 2 aromatic carbocycles. The zero-order valence-electron chi connectivity index (χ0n) is 15.8. The Morgan fingerprint density at radius 1 is 1.03 bits per heavy atom. The van der Waals surface area contributed by atoms with Crippen LogP contribution in [0.3, 0.4) is 0 Å². The summed E-state index contributed by atoms with van der Waals surface area (Å²) in [6.07, 6.45) is 0.565. The average molecular weight is 396 g/mol. The maximum absolute atomic E-state index is 12.5. The molecule has 9 nitrogen and oxygen atoms in total. The van der Waals surface area contributed by atoms with Gasteiger partial charge in [-0.2, -0.15) is 0 Å². The molecule has 0 bridgehead atoms. The molecule has 0 aliphatic heterocycles. The molecule has 0 saturated heterocycles. The molecule has 0 fully saturated rings. The topological polar surface area (TPSA) is 112 Å². The highest BCUT2D eigenvalue weighted by molar-refractivity contribution is 5.93. The van der Waals surface area contributed by atoms with Crippen LogP contribution in [0.2, 0.25) is 0 Å². The molecular formula is C20H20N4O5. The molecular weight excluding hydrogens is 376 g/mol. The standard InChI is InChI=1S/C20H20N4O5/c1-28-9-10-29-20(27)23-15-6-4-5-14(11-15)22-18(25)13-24-17-8-3-2-7-16(17)21-12-19(24)26/h2-8,11-12H,9-10,13H2,1H3,(H,22,25)(H,23,27). The lowest BCUT2D eigenvalue weighted by Crippen LogP contribution is -2.28. The number of nitrogens with zero attached hydrogens (tertiary/aromatic N) is 2. The second-order valence-corrected chi connectivity index (χ2v) is 6.05. The maximum atomic E-state index is 12.5. The van der Waals surface area contributed by atoms with Gasteiger partial charge in [0.25, 0.3) is 5.56 Å². The largest absolute Gasteiger partial charge is 0.447 e. The molecule has 0 unspecified atom stereocenters. The molecule has 3 aromatic rings. The van der Waals surface area contributed by atoms with Crippen molar-refractivity contribution in [2.45, 2.75) is 6.54 Å². The molecule has 3 rings (SSSR count). The molecule has 9 heteroatoms. The molecule has 2 N–H and O–H groups in total. The second-order valence-electron chi connectivity index (χ2n) is 6.05. The summed E-state index contributed by atoms with van der Waals surface area (Å²) in [6, 6.07) is 13.7. The summed E-state index contributed by atoms with van der Waals surface area (Å²) >= 11 is 0. The Bertz CT molecular complexity index is 1080. The van der Waals surface area contributed by atoms with Crippen molar-refractivity contribution < 1.29 is 19.1 Å². The zero-order chi connectivity index (χ0) is 20.6. The van der Waals surface area contributed by atoms with Gasteiger partial charge in [0.2, 0.25) is 5.91 Å². The predicted molar refractivity (Wildman–Crippen MR) is 108 cm³/mol. The average Bonchev–Trinajstić information content (AvgIpc) is 2.70. The molecule has 29 heavy (non-hydrogen) atoms. The van der Waals surface area contributed by atoms with Gasteiger partial charge in [-0.1, -0.05) is 18.2 Å². The molecule has 2 amide bonds. The Morgan fingerprint density at radius 2 is 1.79 bits per heavy atom. The summed E-state index contributed by atoms with van der Waals surface area (Å²) in [6.45, 7) is 0.262. The summed E-state index contributed by atoms with van der Waals surface area (Å²) in [5.74, 6) is -0.386. The van der Waals surface area contributed by atoms with E-state index in [0.717, 1.165) is 0 Å². The normalized spacial score (nSPS) is 10.5. The number of para-hydroxylation sites is 2. The van der Waals surface area contributed by atoms with Crippen molar-refractivity contribution in [1.29, 1.82) is 0 Å². The third-order valence-electron chi connectivity index (χ3n) is 3.97. The van der Waals surface area contributed by atoms with Crippen LogP contribution < -0.4 is 16.2 Å². The minimum absolute atomic E-state index is 0.132.